The molecular weight excluding hydrogens is 248 g/mol. The van der Waals surface area contributed by atoms with Crippen LogP contribution >= 0.6 is 0 Å². The lowest BCUT2D eigenvalue weighted by Gasteiger charge is -2.31. The van der Waals surface area contributed by atoms with Crippen molar-refractivity contribution in [1.82, 2.24) is 20.5 Å². The van der Waals surface area contributed by atoms with Crippen LogP contribution in [0.4, 0.5) is 0 Å². The first-order valence-corrected chi connectivity index (χ1v) is 6.67. The Bertz CT molecular complexity index is 463. The van der Waals surface area contributed by atoms with Crippen molar-refractivity contribution in [2.75, 3.05) is 19.8 Å². The Labute approximate surface area is 110 Å². The van der Waals surface area contributed by atoms with Crippen LogP contribution in [0.5, 0.6) is 0 Å². The summed E-state index contributed by atoms with van der Waals surface area (Å²) in [6.07, 6.45) is 3.29. The van der Waals surface area contributed by atoms with E-state index in [9.17, 15) is 9.90 Å². The minimum absolute atomic E-state index is 0.151. The third-order valence-corrected chi connectivity index (χ3v) is 3.67. The van der Waals surface area contributed by atoms with Gasteiger partial charge in [0.15, 0.2) is 0 Å². The van der Waals surface area contributed by atoms with Gasteiger partial charge in [-0.05, 0) is 12.8 Å². The summed E-state index contributed by atoms with van der Waals surface area (Å²) in [5.41, 5.74) is -0.871. The van der Waals surface area contributed by atoms with Crippen LogP contribution in [0.3, 0.4) is 0 Å². The van der Waals surface area contributed by atoms with Crippen LogP contribution in [0.1, 0.15) is 48.0 Å². The van der Waals surface area contributed by atoms with Gasteiger partial charge < -0.3 is 15.2 Å². The molecule has 0 bridgehead atoms. The number of carbonyl (C=O) groups is 1. The lowest BCUT2D eigenvalue weighted by atomic mass is 9.94. The monoisotopic (exact) mass is 266 g/mol. The average molecular weight is 266 g/mol. The maximum Gasteiger partial charge on any atom is 0.291 e. The molecule has 1 aromatic heterocycles. The molecular formula is C12H18N4O3. The van der Waals surface area contributed by atoms with Gasteiger partial charge in [-0.3, -0.25) is 9.89 Å². The molecule has 19 heavy (non-hydrogen) atoms. The number of aromatic nitrogens is 3. The Balaban J connectivity index is 1.55. The first-order chi connectivity index (χ1) is 9.16. The van der Waals surface area contributed by atoms with Crippen molar-refractivity contribution < 1.29 is 14.6 Å². The molecule has 3 N–H and O–H groups in total. The van der Waals surface area contributed by atoms with Gasteiger partial charge in [-0.1, -0.05) is 0 Å². The number of ether oxygens (including phenoxy) is 1. The Morgan fingerprint density at radius 3 is 2.89 bits per heavy atom. The number of nitrogens with zero attached hydrogens (tertiary/aromatic N) is 2. The van der Waals surface area contributed by atoms with Crippen molar-refractivity contribution in [1.29, 1.82) is 0 Å². The molecule has 1 saturated carbocycles. The van der Waals surface area contributed by atoms with Crippen molar-refractivity contribution in [3.63, 3.8) is 0 Å². The lowest BCUT2D eigenvalue weighted by molar-refractivity contribution is -0.0605. The lowest BCUT2D eigenvalue weighted by Crippen LogP contribution is -2.46. The van der Waals surface area contributed by atoms with Crippen LogP contribution in [-0.4, -0.2) is 51.6 Å². The molecule has 0 unspecified atom stereocenters. The van der Waals surface area contributed by atoms with Crippen LogP contribution in [0, 0.1) is 0 Å². The van der Waals surface area contributed by atoms with Gasteiger partial charge in [-0.2, -0.15) is 0 Å². The zero-order chi connectivity index (χ0) is 13.3. The molecule has 2 heterocycles. The highest BCUT2D eigenvalue weighted by atomic mass is 16.5. The van der Waals surface area contributed by atoms with E-state index < -0.39 is 5.60 Å². The van der Waals surface area contributed by atoms with E-state index in [4.69, 9.17) is 4.74 Å². The maximum absolute atomic E-state index is 11.9. The molecule has 0 atom stereocenters. The minimum atomic E-state index is -0.871. The summed E-state index contributed by atoms with van der Waals surface area (Å²) in [6.45, 7) is 1.26. The number of aromatic amines is 1. The fraction of sp³-hybridized carbons (Fsp3) is 0.750. The van der Waals surface area contributed by atoms with Gasteiger partial charge in [-0.25, -0.2) is 4.98 Å². The van der Waals surface area contributed by atoms with E-state index >= 15 is 0 Å². The summed E-state index contributed by atoms with van der Waals surface area (Å²) in [6, 6.07) is 0. The Kier molecular flexibility index (Phi) is 3.24. The molecule has 2 fully saturated rings. The van der Waals surface area contributed by atoms with E-state index in [0.29, 0.717) is 32.0 Å². The zero-order valence-electron chi connectivity index (χ0n) is 10.7. The number of hydrogen-bond acceptors (Lipinski definition) is 5. The summed E-state index contributed by atoms with van der Waals surface area (Å²) in [7, 11) is 0. The van der Waals surface area contributed by atoms with Crippen molar-refractivity contribution in [3.8, 4) is 0 Å². The standard InChI is InChI=1S/C12H18N4O3/c17-11(10-14-9(15-16-10)8-1-2-8)13-7-12(18)3-5-19-6-4-12/h8,18H,1-7H2,(H,13,17)(H,14,15,16). The highest BCUT2D eigenvalue weighted by Crippen LogP contribution is 2.37. The van der Waals surface area contributed by atoms with Gasteiger partial charge in [0.05, 0.1) is 5.60 Å². The number of nitrogens with one attached hydrogen (secondary N) is 2. The Morgan fingerprint density at radius 1 is 1.47 bits per heavy atom. The molecule has 0 spiro atoms. The number of carbonyl (C=O) groups excluding carboxylic acids is 1. The number of rotatable bonds is 4. The average Bonchev–Trinajstić information content (AvgIpc) is 3.15. The molecule has 2 aliphatic rings. The van der Waals surface area contributed by atoms with Gasteiger partial charge in [0, 0.05) is 38.5 Å². The maximum atomic E-state index is 11.9. The second kappa shape index (κ2) is 4.90. The second-order valence-corrected chi connectivity index (χ2v) is 5.34. The highest BCUT2D eigenvalue weighted by molar-refractivity contribution is 5.90. The third kappa shape index (κ3) is 2.93. The smallest absolute Gasteiger partial charge is 0.291 e. The predicted octanol–water partition coefficient (Wildman–Crippen LogP) is -0.0466. The molecule has 1 aliphatic carbocycles. The number of aliphatic hydroxyl groups is 1. The Hall–Kier alpha value is -1.47. The van der Waals surface area contributed by atoms with Crippen LogP contribution < -0.4 is 5.32 Å². The van der Waals surface area contributed by atoms with Crippen molar-refractivity contribution in [3.05, 3.63) is 11.6 Å². The molecule has 1 amide bonds. The van der Waals surface area contributed by atoms with Gasteiger partial charge in [-0.15, -0.1) is 5.10 Å². The molecule has 0 radical (unpaired) electrons. The number of hydrogen-bond donors (Lipinski definition) is 3. The van der Waals surface area contributed by atoms with E-state index in [1.54, 1.807) is 0 Å². The molecule has 1 aromatic rings. The SMILES string of the molecule is O=C(NCC1(O)CCOCC1)c1n[nH]c(C2CC2)n1. The summed E-state index contributed by atoms with van der Waals surface area (Å²) < 4.78 is 5.19. The van der Waals surface area contributed by atoms with Crippen molar-refractivity contribution in [2.24, 2.45) is 0 Å². The van der Waals surface area contributed by atoms with Crippen molar-refractivity contribution in [2.45, 2.75) is 37.2 Å². The third-order valence-electron chi connectivity index (χ3n) is 3.67. The molecule has 7 heteroatoms. The predicted molar refractivity (Wildman–Crippen MR) is 65.7 cm³/mol. The van der Waals surface area contributed by atoms with Gasteiger partial charge in [0.2, 0.25) is 5.82 Å². The van der Waals surface area contributed by atoms with Crippen LogP contribution in [0.2, 0.25) is 0 Å². The number of amides is 1. The molecule has 3 rings (SSSR count). The van der Waals surface area contributed by atoms with Gasteiger partial charge >= 0.3 is 0 Å². The number of H-pyrrole nitrogens is 1. The fourth-order valence-corrected chi connectivity index (χ4v) is 2.17. The largest absolute Gasteiger partial charge is 0.388 e. The van der Waals surface area contributed by atoms with E-state index in [2.05, 4.69) is 20.5 Å². The Morgan fingerprint density at radius 2 is 2.21 bits per heavy atom. The normalized spacial score (nSPS) is 22.2. The summed E-state index contributed by atoms with van der Waals surface area (Å²) in [5, 5.41) is 19.6. The molecule has 0 aromatic carbocycles. The van der Waals surface area contributed by atoms with E-state index in [-0.39, 0.29) is 18.3 Å². The molecule has 7 nitrogen and oxygen atoms in total. The summed E-state index contributed by atoms with van der Waals surface area (Å²) in [5.74, 6) is 1.03. The molecule has 104 valence electrons. The van der Waals surface area contributed by atoms with Crippen molar-refractivity contribution >= 4 is 5.91 Å². The van der Waals surface area contributed by atoms with E-state index in [1.165, 1.54) is 0 Å². The van der Waals surface area contributed by atoms with Crippen LogP contribution in [0.25, 0.3) is 0 Å². The molecule has 1 saturated heterocycles. The first-order valence-electron chi connectivity index (χ1n) is 6.67. The second-order valence-electron chi connectivity index (χ2n) is 5.34. The van der Waals surface area contributed by atoms with Gasteiger partial charge in [0.25, 0.3) is 5.91 Å². The fourth-order valence-electron chi connectivity index (χ4n) is 2.17. The van der Waals surface area contributed by atoms with E-state index in [1.807, 2.05) is 0 Å². The van der Waals surface area contributed by atoms with Crippen LogP contribution in [0.15, 0.2) is 0 Å². The zero-order valence-corrected chi connectivity index (χ0v) is 10.7. The van der Waals surface area contributed by atoms with Gasteiger partial charge in [0.1, 0.15) is 5.82 Å². The minimum Gasteiger partial charge on any atom is -0.388 e. The molecule has 1 aliphatic heterocycles. The quantitative estimate of drug-likeness (QED) is 0.709. The highest BCUT2D eigenvalue weighted by Gasteiger charge is 2.31. The first kappa shape index (κ1) is 12.6. The summed E-state index contributed by atoms with van der Waals surface area (Å²) >= 11 is 0. The van der Waals surface area contributed by atoms with Crippen LogP contribution in [-0.2, 0) is 4.74 Å². The summed E-state index contributed by atoms with van der Waals surface area (Å²) in [4.78, 5) is 16.1. The topological polar surface area (TPSA) is 100 Å². The van der Waals surface area contributed by atoms with E-state index in [0.717, 1.165) is 18.7 Å².